The van der Waals surface area contributed by atoms with Gasteiger partial charge in [0.2, 0.25) is 6.41 Å². The van der Waals surface area contributed by atoms with E-state index in [0.717, 1.165) is 28.8 Å². The van der Waals surface area contributed by atoms with Crippen molar-refractivity contribution in [3.05, 3.63) is 98.3 Å². The number of rotatable bonds is 11. The molecule has 2 aliphatic heterocycles. The first-order valence-electron chi connectivity index (χ1n) is 17.0. The first-order valence-corrected chi connectivity index (χ1v) is 17.4. The maximum absolute atomic E-state index is 14.8. The molecule has 1 fully saturated rings. The van der Waals surface area contributed by atoms with Crippen molar-refractivity contribution >= 4 is 36.5 Å². The number of carbonyl (C=O) groups is 3. The number of hydrogen-bond donors (Lipinski definition) is 4. The largest absolute Gasteiger partial charge is 0.504 e. The minimum absolute atomic E-state index is 0.103. The van der Waals surface area contributed by atoms with E-state index < -0.39 is 29.7 Å². The number of aryl methyl sites for hydroxylation is 1. The molecule has 14 nitrogen and oxygen atoms in total. The maximum atomic E-state index is 14.8. The van der Waals surface area contributed by atoms with Crippen LogP contribution in [0.3, 0.4) is 0 Å². The Morgan fingerprint density at radius 3 is 2.44 bits per heavy atom. The molecule has 0 aliphatic carbocycles. The number of aromatic hydroxyl groups is 1. The van der Waals surface area contributed by atoms with Crippen LogP contribution in [0, 0.1) is 6.92 Å². The molecule has 2 aliphatic rings. The van der Waals surface area contributed by atoms with Gasteiger partial charge >= 0.3 is 6.18 Å². The molecule has 0 spiro atoms. The Morgan fingerprint density at radius 1 is 1.15 bits per heavy atom. The molecule has 0 radical (unpaired) electrons. The minimum Gasteiger partial charge on any atom is -0.504 e. The molecular formula is C36H43ClF3N9O5. The zero-order valence-corrected chi connectivity index (χ0v) is 30.9. The number of carbonyl (C=O) groups excluding carboxylic acids is 3. The smallest absolute Gasteiger partial charge is 0.416 e. The molecule has 3 heterocycles. The average Bonchev–Trinajstić information content (AvgIpc) is 3.16. The van der Waals surface area contributed by atoms with Gasteiger partial charge in [-0.3, -0.25) is 24.4 Å². The third kappa shape index (κ3) is 9.83. The summed E-state index contributed by atoms with van der Waals surface area (Å²) in [5.74, 6) is -1.25. The first-order chi connectivity index (χ1) is 25.8. The van der Waals surface area contributed by atoms with Crippen molar-refractivity contribution in [2.45, 2.75) is 52.2 Å². The van der Waals surface area contributed by atoms with E-state index in [4.69, 9.17) is 21.1 Å². The van der Waals surface area contributed by atoms with Crippen molar-refractivity contribution < 1.29 is 37.4 Å². The number of benzene rings is 2. The summed E-state index contributed by atoms with van der Waals surface area (Å²) in [4.78, 5) is 52.2. The normalized spacial score (nSPS) is 15.2. The highest BCUT2D eigenvalue weighted by Gasteiger charge is 2.34. The number of halogens is 4. The van der Waals surface area contributed by atoms with E-state index in [1.807, 2.05) is 30.0 Å². The molecule has 5 N–H and O–H groups in total. The Hall–Kier alpha value is -5.26. The van der Waals surface area contributed by atoms with Gasteiger partial charge in [-0.15, -0.1) is 0 Å². The summed E-state index contributed by atoms with van der Waals surface area (Å²) in [6.45, 7) is 9.01. The second-order valence-corrected chi connectivity index (χ2v) is 12.6. The molecule has 18 heteroatoms. The van der Waals surface area contributed by atoms with Crippen LogP contribution in [0.1, 0.15) is 63.5 Å². The average molecular weight is 774 g/mol. The standard InChI is InChI=1S/C35H40ClF3N8O4.CH3NO/c1-5-28(40-3)30(45-11-13-46(14-12-45)33(49)29-31(48)21(2)42-20-43-29)34(50)47(18-24-8-9-26(17-27(24)36)35(37,38)39)44-32(41-4)23-6-7-25-19-51-15-10-22(25)16-23;2-1-3/h6-9,16-17,20,32,40,44,48H,4-5,10-15,18-19H2,1-3H3;1H,(H2,2,3)/b30-28+;. The second-order valence-electron chi connectivity index (χ2n) is 12.2. The molecule has 1 saturated heterocycles. The van der Waals surface area contributed by atoms with Gasteiger partial charge in [-0.25, -0.2) is 15.4 Å². The number of amides is 3. The van der Waals surface area contributed by atoms with Crippen LogP contribution in [0.15, 0.2) is 59.1 Å². The Morgan fingerprint density at radius 2 is 1.83 bits per heavy atom. The van der Waals surface area contributed by atoms with E-state index in [9.17, 15) is 27.9 Å². The highest BCUT2D eigenvalue weighted by Crippen LogP contribution is 2.33. The molecular weight excluding hydrogens is 731 g/mol. The lowest BCUT2D eigenvalue weighted by molar-refractivity contribution is -0.138. The van der Waals surface area contributed by atoms with Crippen LogP contribution in [0.2, 0.25) is 5.02 Å². The highest BCUT2D eigenvalue weighted by atomic mass is 35.5. The lowest BCUT2D eigenvalue weighted by Gasteiger charge is -2.39. The molecule has 3 aromatic rings. The zero-order chi connectivity index (χ0) is 39.6. The number of aromatic nitrogens is 2. The van der Waals surface area contributed by atoms with Crippen molar-refractivity contribution in [1.82, 2.24) is 35.5 Å². The Bertz CT molecular complexity index is 1860. The number of fused-ring (bicyclic) bond motifs is 1. The fourth-order valence-electron chi connectivity index (χ4n) is 6.07. The fourth-order valence-corrected chi connectivity index (χ4v) is 6.31. The number of allylic oxidation sites excluding steroid dienone is 1. The van der Waals surface area contributed by atoms with E-state index >= 15 is 0 Å². The third-order valence-electron chi connectivity index (χ3n) is 8.97. The zero-order valence-electron chi connectivity index (χ0n) is 30.1. The highest BCUT2D eigenvalue weighted by molar-refractivity contribution is 6.31. The van der Waals surface area contributed by atoms with E-state index in [-0.39, 0.29) is 66.9 Å². The number of primary amides is 1. The van der Waals surface area contributed by atoms with Crippen molar-refractivity contribution in [1.29, 1.82) is 0 Å². The molecule has 5 rings (SSSR count). The number of nitrogens with zero attached hydrogens (tertiary/aromatic N) is 6. The molecule has 3 amide bonds. The summed E-state index contributed by atoms with van der Waals surface area (Å²) in [5, 5.41) is 14.7. The summed E-state index contributed by atoms with van der Waals surface area (Å²) in [6, 6.07) is 8.79. The van der Waals surface area contributed by atoms with Crippen LogP contribution in [-0.2, 0) is 40.1 Å². The number of aliphatic imine (C=N–C) groups is 1. The molecule has 1 aromatic heterocycles. The number of hydrogen-bond acceptors (Lipinski definition) is 11. The first kappa shape index (κ1) is 41.5. The summed E-state index contributed by atoms with van der Waals surface area (Å²) in [7, 11) is 1.70. The van der Waals surface area contributed by atoms with Crippen molar-refractivity contribution in [2.24, 2.45) is 10.7 Å². The minimum atomic E-state index is -4.60. The van der Waals surface area contributed by atoms with Gasteiger partial charge in [-0.1, -0.05) is 42.8 Å². The maximum Gasteiger partial charge on any atom is 0.416 e. The van der Waals surface area contributed by atoms with E-state index in [1.165, 1.54) is 17.4 Å². The molecule has 0 saturated carbocycles. The number of ether oxygens (including phenoxy) is 1. The van der Waals surface area contributed by atoms with Crippen LogP contribution < -0.4 is 16.5 Å². The van der Waals surface area contributed by atoms with Crippen molar-refractivity contribution in [3.63, 3.8) is 0 Å². The molecule has 1 atom stereocenters. The fraction of sp³-hybridized carbons (Fsp3) is 0.389. The number of nitrogens with two attached hydrogens (primary N) is 1. The van der Waals surface area contributed by atoms with Crippen LogP contribution in [0.5, 0.6) is 5.75 Å². The van der Waals surface area contributed by atoms with Gasteiger partial charge in [0.25, 0.3) is 11.8 Å². The third-order valence-corrected chi connectivity index (χ3v) is 9.32. The van der Waals surface area contributed by atoms with E-state index in [0.29, 0.717) is 37.4 Å². The molecule has 2 aromatic carbocycles. The van der Waals surface area contributed by atoms with Crippen LogP contribution in [-0.4, -0.2) is 94.7 Å². The Balaban J connectivity index is 0.00000209. The summed E-state index contributed by atoms with van der Waals surface area (Å²) < 4.78 is 46.0. The quantitative estimate of drug-likeness (QED) is 0.0968. The van der Waals surface area contributed by atoms with Gasteiger partial charge in [0.1, 0.15) is 18.2 Å². The van der Waals surface area contributed by atoms with Crippen LogP contribution in [0.25, 0.3) is 0 Å². The number of piperazine rings is 1. The second kappa shape index (κ2) is 18.7. The molecule has 290 valence electrons. The monoisotopic (exact) mass is 773 g/mol. The Kier molecular flexibility index (Phi) is 14.3. The van der Waals surface area contributed by atoms with Gasteiger partial charge < -0.3 is 30.7 Å². The lowest BCUT2D eigenvalue weighted by Crippen LogP contribution is -2.53. The number of nitrogens with one attached hydrogen (secondary N) is 2. The van der Waals surface area contributed by atoms with Crippen molar-refractivity contribution in [2.75, 3.05) is 39.8 Å². The predicted octanol–water partition coefficient (Wildman–Crippen LogP) is 3.87. The van der Waals surface area contributed by atoms with Gasteiger partial charge in [0, 0.05) is 43.9 Å². The molecule has 1 unspecified atom stereocenters. The topological polar surface area (TPSA) is 179 Å². The molecule has 54 heavy (non-hydrogen) atoms. The van der Waals surface area contributed by atoms with E-state index in [1.54, 1.807) is 18.9 Å². The van der Waals surface area contributed by atoms with Crippen molar-refractivity contribution in [3.8, 4) is 5.75 Å². The van der Waals surface area contributed by atoms with Crippen LogP contribution >= 0.6 is 11.6 Å². The van der Waals surface area contributed by atoms with Gasteiger partial charge in [0.15, 0.2) is 11.4 Å². The SMILES string of the molecule is C=NC(NN(Cc1ccc(C(F)(F)F)cc1Cl)C(=O)/C(=C(/CC)NC)N1CCN(C(=O)c2ncnc(C)c2O)CC1)c1ccc2c(c1)CCOC2.NC=O. The van der Waals surface area contributed by atoms with E-state index in [2.05, 4.69) is 38.2 Å². The summed E-state index contributed by atoms with van der Waals surface area (Å²) >= 11 is 6.40. The lowest BCUT2D eigenvalue weighted by atomic mass is 9.99. The van der Waals surface area contributed by atoms with Gasteiger partial charge in [-0.05, 0) is 60.9 Å². The van der Waals surface area contributed by atoms with Crippen LogP contribution in [0.4, 0.5) is 13.2 Å². The Labute approximate surface area is 315 Å². The number of alkyl halides is 3. The van der Waals surface area contributed by atoms with Gasteiger partial charge in [-0.2, -0.15) is 13.2 Å². The van der Waals surface area contributed by atoms with Gasteiger partial charge in [0.05, 0.1) is 31.0 Å². The summed E-state index contributed by atoms with van der Waals surface area (Å²) in [5.41, 5.74) is 10.6. The molecule has 0 bridgehead atoms. The predicted molar refractivity (Wildman–Crippen MR) is 195 cm³/mol. The number of hydrazine groups is 1. The summed E-state index contributed by atoms with van der Waals surface area (Å²) in [6.07, 6.45) is -2.80.